The average Bonchev–Trinajstić information content (AvgIpc) is 3.17. The topological polar surface area (TPSA) is 97.6 Å². The van der Waals surface area contributed by atoms with E-state index in [0.717, 1.165) is 42.6 Å². The number of carbonyl (C=O) groups is 1. The van der Waals surface area contributed by atoms with Gasteiger partial charge < -0.3 is 15.1 Å². The van der Waals surface area contributed by atoms with Crippen LogP contribution in [0.3, 0.4) is 0 Å². The number of rotatable bonds is 7. The summed E-state index contributed by atoms with van der Waals surface area (Å²) >= 11 is 12.4. The smallest absolute Gasteiger partial charge is 0.225 e. The summed E-state index contributed by atoms with van der Waals surface area (Å²) in [6.07, 6.45) is 3.87. The Morgan fingerprint density at radius 2 is 2.12 bits per heavy atom. The highest BCUT2D eigenvalue weighted by atomic mass is 35.5. The fraction of sp³-hybridized carbons (Fsp3) is 0.409. The number of thiophene rings is 1. The molecule has 8 nitrogen and oxygen atoms in total. The van der Waals surface area contributed by atoms with Crippen molar-refractivity contribution in [1.29, 1.82) is 5.53 Å². The number of carbonyl (C=O) groups excluding carboxylic acids is 1. The maximum Gasteiger partial charge on any atom is 0.225 e. The van der Waals surface area contributed by atoms with Crippen LogP contribution in [-0.2, 0) is 17.6 Å². The normalized spacial score (nSPS) is 15.5. The zero-order chi connectivity index (χ0) is 23.7. The number of hydrogen-bond donors (Lipinski definition) is 3. The molecular weight excluding hydrogens is 478 g/mol. The van der Waals surface area contributed by atoms with Crippen LogP contribution in [0.1, 0.15) is 16.9 Å². The lowest BCUT2D eigenvalue weighted by molar-refractivity contribution is -0.134. The molecule has 2 heterocycles. The van der Waals surface area contributed by atoms with Gasteiger partial charge in [0, 0.05) is 35.8 Å². The average molecular weight is 504 g/mol. The molecule has 1 aromatic carbocycles. The van der Waals surface area contributed by atoms with Crippen LogP contribution in [0.2, 0.25) is 5.02 Å². The number of fused-ring (bicyclic) bond motifs is 3. The van der Waals surface area contributed by atoms with Crippen LogP contribution in [-0.4, -0.2) is 59.9 Å². The van der Waals surface area contributed by atoms with Crippen molar-refractivity contribution >= 4 is 68.9 Å². The maximum absolute atomic E-state index is 13.0. The van der Waals surface area contributed by atoms with E-state index < -0.39 is 0 Å². The van der Waals surface area contributed by atoms with Gasteiger partial charge in [-0.05, 0) is 51.1 Å². The molecule has 0 spiro atoms. The van der Waals surface area contributed by atoms with Crippen LogP contribution < -0.4 is 5.32 Å². The maximum atomic E-state index is 13.0. The molecule has 33 heavy (non-hydrogen) atoms. The number of amides is 1. The largest absolute Gasteiger partial charge is 0.344 e. The molecule has 1 aliphatic carbocycles. The molecule has 4 rings (SSSR count). The molecule has 2 N–H and O–H groups in total. The quantitative estimate of drug-likeness (QED) is 0.305. The minimum absolute atomic E-state index is 0.00977. The monoisotopic (exact) mass is 503 g/mol. The fourth-order valence-corrected chi connectivity index (χ4v) is 5.77. The molecule has 0 bridgehead atoms. The highest BCUT2D eigenvalue weighted by Crippen LogP contribution is 2.42. The number of anilines is 2. The molecular formula is C22H26ClN7OS2. The molecule has 0 saturated heterocycles. The van der Waals surface area contributed by atoms with Gasteiger partial charge in [-0.3, -0.25) is 4.79 Å². The van der Waals surface area contributed by atoms with Gasteiger partial charge >= 0.3 is 0 Å². The van der Waals surface area contributed by atoms with Crippen molar-refractivity contribution in [2.24, 2.45) is 11.0 Å². The summed E-state index contributed by atoms with van der Waals surface area (Å²) in [5.41, 5.74) is 9.48. The first kappa shape index (κ1) is 23.9. The number of thiol groups is 1. The van der Waals surface area contributed by atoms with E-state index in [1.807, 2.05) is 26.0 Å². The lowest BCUT2D eigenvalue weighted by atomic mass is 9.87. The van der Waals surface area contributed by atoms with Crippen LogP contribution >= 0.6 is 35.6 Å². The van der Waals surface area contributed by atoms with Crippen LogP contribution in [0.4, 0.5) is 17.2 Å². The van der Waals surface area contributed by atoms with Crippen molar-refractivity contribution in [2.45, 2.75) is 24.2 Å². The second-order valence-electron chi connectivity index (χ2n) is 8.47. The summed E-state index contributed by atoms with van der Waals surface area (Å²) in [4.78, 5) is 28.5. The van der Waals surface area contributed by atoms with Gasteiger partial charge in [0.1, 0.15) is 17.0 Å². The van der Waals surface area contributed by atoms with Crippen LogP contribution in [0.25, 0.3) is 10.2 Å². The Labute approximate surface area is 207 Å². The van der Waals surface area contributed by atoms with Crippen LogP contribution in [0.5, 0.6) is 0 Å². The van der Waals surface area contributed by atoms with Gasteiger partial charge in [0.25, 0.3) is 0 Å². The van der Waals surface area contributed by atoms with Crippen LogP contribution in [0.15, 0.2) is 28.5 Å². The Kier molecular flexibility index (Phi) is 7.18. The van der Waals surface area contributed by atoms with Crippen molar-refractivity contribution in [3.8, 4) is 0 Å². The first-order valence-electron chi connectivity index (χ1n) is 10.6. The molecule has 1 amide bonds. The van der Waals surface area contributed by atoms with Crippen molar-refractivity contribution in [3.63, 3.8) is 0 Å². The zero-order valence-electron chi connectivity index (χ0n) is 18.7. The van der Waals surface area contributed by atoms with Gasteiger partial charge in [-0.2, -0.15) is 5.11 Å². The zero-order valence-corrected chi connectivity index (χ0v) is 21.2. The minimum Gasteiger partial charge on any atom is -0.344 e. The second-order valence-corrected chi connectivity index (χ2v) is 10.4. The third-order valence-corrected chi connectivity index (χ3v) is 7.72. The van der Waals surface area contributed by atoms with Gasteiger partial charge in [-0.25, -0.2) is 15.5 Å². The van der Waals surface area contributed by atoms with E-state index in [2.05, 4.69) is 37.9 Å². The lowest BCUT2D eigenvalue weighted by Gasteiger charge is -2.27. The van der Waals surface area contributed by atoms with E-state index in [4.69, 9.17) is 17.1 Å². The summed E-state index contributed by atoms with van der Waals surface area (Å²) < 4.78 is 0. The standard InChI is InChI=1S/C22H26ClN7OS2/c1-29(2)6-7-30(3)22(31)12-4-5-13-18(8-12)33-21-19(13)20(25-11-26-21)27-15-10-17(32)16(28-24)9-14(15)23/h9-12,24,32H,4-8H2,1-3H3,(H,25,26,27). The molecule has 0 saturated carbocycles. The Balaban J connectivity index is 1.60. The molecule has 0 aliphatic heterocycles. The molecule has 1 atom stereocenters. The van der Waals surface area contributed by atoms with E-state index in [9.17, 15) is 4.79 Å². The Bertz CT molecular complexity index is 1210. The van der Waals surface area contributed by atoms with Gasteiger partial charge in [-0.15, -0.1) is 24.0 Å². The molecule has 174 valence electrons. The number of benzene rings is 1. The van der Waals surface area contributed by atoms with Crippen molar-refractivity contribution in [1.82, 2.24) is 19.8 Å². The SMILES string of the molecule is CN(C)CCN(C)C(=O)C1CCc2c(sc3ncnc(Nc4cc(S)c(N=N)cc4Cl)c23)C1. The van der Waals surface area contributed by atoms with Gasteiger partial charge in [0.15, 0.2) is 0 Å². The van der Waals surface area contributed by atoms with E-state index in [1.54, 1.807) is 23.5 Å². The van der Waals surface area contributed by atoms with Gasteiger partial charge in [-0.1, -0.05) is 11.6 Å². The van der Waals surface area contributed by atoms with Crippen LogP contribution in [0, 0.1) is 11.4 Å². The summed E-state index contributed by atoms with van der Waals surface area (Å²) in [7, 11) is 5.91. The predicted octanol–water partition coefficient (Wildman–Crippen LogP) is 5.16. The second kappa shape index (κ2) is 9.92. The Morgan fingerprint density at radius 3 is 2.85 bits per heavy atom. The van der Waals surface area contributed by atoms with Crippen molar-refractivity contribution in [2.75, 3.05) is 39.5 Å². The third-order valence-electron chi connectivity index (χ3n) is 5.89. The highest BCUT2D eigenvalue weighted by Gasteiger charge is 2.30. The number of hydrogen-bond acceptors (Lipinski definition) is 9. The minimum atomic E-state index is -0.00977. The first-order valence-corrected chi connectivity index (χ1v) is 12.2. The van der Waals surface area contributed by atoms with E-state index in [0.29, 0.717) is 27.1 Å². The molecule has 3 aromatic rings. The Hall–Kier alpha value is -2.27. The summed E-state index contributed by atoms with van der Waals surface area (Å²) in [5, 5.41) is 8.16. The van der Waals surface area contributed by atoms with E-state index in [1.165, 1.54) is 16.8 Å². The third kappa shape index (κ3) is 4.98. The molecule has 0 fully saturated rings. The van der Waals surface area contributed by atoms with Gasteiger partial charge in [0.05, 0.1) is 21.8 Å². The number of likely N-dealkylation sites (N-methyl/N-ethyl adjacent to an activating group) is 2. The summed E-state index contributed by atoms with van der Waals surface area (Å²) in [6, 6.07) is 3.34. The van der Waals surface area contributed by atoms with E-state index in [-0.39, 0.29) is 11.8 Å². The number of halogens is 1. The number of aryl methyl sites for hydroxylation is 1. The lowest BCUT2D eigenvalue weighted by Crippen LogP contribution is -2.39. The number of aromatic nitrogens is 2. The van der Waals surface area contributed by atoms with Crippen molar-refractivity contribution in [3.05, 3.63) is 33.9 Å². The number of nitrogens with zero attached hydrogens (tertiary/aromatic N) is 5. The molecule has 2 aromatic heterocycles. The molecule has 11 heteroatoms. The van der Waals surface area contributed by atoms with Crippen molar-refractivity contribution < 1.29 is 4.79 Å². The summed E-state index contributed by atoms with van der Waals surface area (Å²) in [5.74, 6) is 0.873. The predicted molar refractivity (Wildman–Crippen MR) is 136 cm³/mol. The highest BCUT2D eigenvalue weighted by molar-refractivity contribution is 7.80. The van der Waals surface area contributed by atoms with E-state index >= 15 is 0 Å². The van der Waals surface area contributed by atoms with Gasteiger partial charge in [0.2, 0.25) is 5.91 Å². The first-order chi connectivity index (χ1) is 15.8. The molecule has 1 aliphatic rings. The number of nitrogens with one attached hydrogen (secondary N) is 2. The fourth-order valence-electron chi connectivity index (χ4n) is 4.05. The summed E-state index contributed by atoms with van der Waals surface area (Å²) in [6.45, 7) is 1.57. The molecule has 0 radical (unpaired) electrons. The Morgan fingerprint density at radius 1 is 1.33 bits per heavy atom. The molecule has 1 unspecified atom stereocenters.